The van der Waals surface area contributed by atoms with Crippen molar-refractivity contribution in [3.8, 4) is 11.5 Å². The molecule has 1 aromatic carbocycles. The van der Waals surface area contributed by atoms with Crippen molar-refractivity contribution in [1.29, 1.82) is 0 Å². The van der Waals surface area contributed by atoms with E-state index in [0.717, 1.165) is 23.5 Å². The second-order valence-electron chi connectivity index (χ2n) is 5.66. The Morgan fingerprint density at radius 1 is 1.18 bits per heavy atom. The molecule has 1 aliphatic heterocycles. The fourth-order valence-corrected chi connectivity index (χ4v) is 2.91. The first kappa shape index (κ1) is 10.9. The standard InChI is InChI=1S/C14H18O3/c1-13(2)8-14(13,9-15)10-3-4-11-12(7-10)17-6-5-16-11/h3-4,7,15H,5-6,8-9H2,1-2H3. The Hall–Kier alpha value is -1.22. The zero-order valence-electron chi connectivity index (χ0n) is 10.3. The molecule has 3 heteroatoms. The molecule has 0 amide bonds. The normalized spacial score (nSPS) is 28.9. The Morgan fingerprint density at radius 3 is 2.41 bits per heavy atom. The lowest BCUT2D eigenvalue weighted by atomic mass is 9.88. The quantitative estimate of drug-likeness (QED) is 0.851. The number of ether oxygens (including phenoxy) is 2. The highest BCUT2D eigenvalue weighted by Gasteiger charge is 2.61. The van der Waals surface area contributed by atoms with E-state index in [4.69, 9.17) is 9.47 Å². The fourth-order valence-electron chi connectivity index (χ4n) is 2.91. The Morgan fingerprint density at radius 2 is 1.82 bits per heavy atom. The summed E-state index contributed by atoms with van der Waals surface area (Å²) in [6.07, 6.45) is 1.02. The second kappa shape index (κ2) is 3.39. The maximum Gasteiger partial charge on any atom is 0.161 e. The highest BCUT2D eigenvalue weighted by atomic mass is 16.6. The van der Waals surface area contributed by atoms with Crippen LogP contribution in [-0.4, -0.2) is 24.9 Å². The number of benzene rings is 1. The third-order valence-corrected chi connectivity index (χ3v) is 4.28. The molecule has 1 aromatic rings. The van der Waals surface area contributed by atoms with Gasteiger partial charge in [0.05, 0.1) is 6.61 Å². The first-order valence-corrected chi connectivity index (χ1v) is 6.10. The summed E-state index contributed by atoms with van der Waals surface area (Å²) < 4.78 is 11.1. The summed E-state index contributed by atoms with van der Waals surface area (Å²) in [4.78, 5) is 0. The fraction of sp³-hybridized carbons (Fsp3) is 0.571. The van der Waals surface area contributed by atoms with E-state index in [1.165, 1.54) is 0 Å². The van der Waals surface area contributed by atoms with E-state index in [0.29, 0.717) is 13.2 Å². The number of aliphatic hydroxyl groups is 1. The van der Waals surface area contributed by atoms with Crippen molar-refractivity contribution in [3.05, 3.63) is 23.8 Å². The van der Waals surface area contributed by atoms with Gasteiger partial charge in [0.15, 0.2) is 11.5 Å². The molecule has 3 nitrogen and oxygen atoms in total. The van der Waals surface area contributed by atoms with Gasteiger partial charge in [-0.15, -0.1) is 0 Å². The minimum atomic E-state index is -0.0944. The summed E-state index contributed by atoms with van der Waals surface area (Å²) in [5, 5.41) is 9.68. The summed E-state index contributed by atoms with van der Waals surface area (Å²) in [5.41, 5.74) is 1.24. The average Bonchev–Trinajstić information content (AvgIpc) is 2.92. The first-order valence-electron chi connectivity index (χ1n) is 6.10. The largest absolute Gasteiger partial charge is 0.486 e. The minimum Gasteiger partial charge on any atom is -0.486 e. The molecule has 17 heavy (non-hydrogen) atoms. The molecular formula is C14H18O3. The predicted octanol–water partition coefficient (Wildman–Crippen LogP) is 2.12. The Labute approximate surface area is 101 Å². The monoisotopic (exact) mass is 234 g/mol. The molecule has 0 bridgehead atoms. The van der Waals surface area contributed by atoms with Crippen LogP contribution in [0.3, 0.4) is 0 Å². The molecule has 0 radical (unpaired) electrons. The van der Waals surface area contributed by atoms with Crippen molar-refractivity contribution in [3.63, 3.8) is 0 Å². The molecule has 1 N–H and O–H groups in total. The summed E-state index contributed by atoms with van der Waals surface area (Å²) >= 11 is 0. The number of aliphatic hydroxyl groups excluding tert-OH is 1. The molecule has 2 aliphatic rings. The molecule has 92 valence electrons. The van der Waals surface area contributed by atoms with Gasteiger partial charge in [-0.05, 0) is 29.5 Å². The lowest BCUT2D eigenvalue weighted by Gasteiger charge is -2.23. The lowest BCUT2D eigenvalue weighted by Crippen LogP contribution is -2.21. The molecule has 1 aliphatic carbocycles. The van der Waals surface area contributed by atoms with E-state index in [1.807, 2.05) is 12.1 Å². The van der Waals surface area contributed by atoms with Crippen molar-refractivity contribution in [2.24, 2.45) is 5.41 Å². The van der Waals surface area contributed by atoms with Crippen LogP contribution in [0.4, 0.5) is 0 Å². The van der Waals surface area contributed by atoms with Crippen LogP contribution in [0, 0.1) is 5.41 Å². The molecular weight excluding hydrogens is 216 g/mol. The van der Waals surface area contributed by atoms with Crippen LogP contribution >= 0.6 is 0 Å². The topological polar surface area (TPSA) is 38.7 Å². The van der Waals surface area contributed by atoms with Gasteiger partial charge in [0, 0.05) is 5.41 Å². The zero-order valence-corrected chi connectivity index (χ0v) is 10.3. The number of hydrogen-bond donors (Lipinski definition) is 1. The highest BCUT2D eigenvalue weighted by molar-refractivity contribution is 5.49. The van der Waals surface area contributed by atoms with Crippen LogP contribution in [0.1, 0.15) is 25.8 Å². The van der Waals surface area contributed by atoms with Crippen LogP contribution in [0.15, 0.2) is 18.2 Å². The third kappa shape index (κ3) is 1.45. The second-order valence-corrected chi connectivity index (χ2v) is 5.66. The Bertz CT molecular complexity index is 453. The van der Waals surface area contributed by atoms with E-state index in [2.05, 4.69) is 19.9 Å². The van der Waals surface area contributed by atoms with Crippen LogP contribution in [0.25, 0.3) is 0 Å². The molecule has 0 saturated heterocycles. The van der Waals surface area contributed by atoms with Crippen molar-refractivity contribution in [1.82, 2.24) is 0 Å². The van der Waals surface area contributed by atoms with Gasteiger partial charge in [0.1, 0.15) is 13.2 Å². The van der Waals surface area contributed by atoms with Gasteiger partial charge in [0.25, 0.3) is 0 Å². The van der Waals surface area contributed by atoms with Crippen LogP contribution in [0.2, 0.25) is 0 Å². The number of rotatable bonds is 2. The highest BCUT2D eigenvalue weighted by Crippen LogP contribution is 2.64. The van der Waals surface area contributed by atoms with E-state index in [1.54, 1.807) is 0 Å². The third-order valence-electron chi connectivity index (χ3n) is 4.28. The van der Waals surface area contributed by atoms with Gasteiger partial charge >= 0.3 is 0 Å². The van der Waals surface area contributed by atoms with Gasteiger partial charge in [-0.25, -0.2) is 0 Å². The van der Waals surface area contributed by atoms with Crippen molar-refractivity contribution < 1.29 is 14.6 Å². The summed E-state index contributed by atoms with van der Waals surface area (Å²) in [6, 6.07) is 6.04. The van der Waals surface area contributed by atoms with E-state index < -0.39 is 0 Å². The van der Waals surface area contributed by atoms with Crippen LogP contribution < -0.4 is 9.47 Å². The predicted molar refractivity (Wildman–Crippen MR) is 64.6 cm³/mol. The van der Waals surface area contributed by atoms with Crippen molar-refractivity contribution >= 4 is 0 Å². The van der Waals surface area contributed by atoms with Gasteiger partial charge < -0.3 is 14.6 Å². The lowest BCUT2D eigenvalue weighted by molar-refractivity contribution is 0.170. The average molecular weight is 234 g/mol. The minimum absolute atomic E-state index is 0.0944. The zero-order chi connectivity index (χ0) is 12.1. The SMILES string of the molecule is CC1(C)CC1(CO)c1ccc2c(c1)OCCO2. The van der Waals surface area contributed by atoms with Gasteiger partial charge in [-0.1, -0.05) is 19.9 Å². The van der Waals surface area contributed by atoms with Crippen LogP contribution in [-0.2, 0) is 5.41 Å². The van der Waals surface area contributed by atoms with Gasteiger partial charge in [0.2, 0.25) is 0 Å². The number of fused-ring (bicyclic) bond motifs is 1. The van der Waals surface area contributed by atoms with E-state index in [9.17, 15) is 5.11 Å². The number of hydrogen-bond acceptors (Lipinski definition) is 3. The Balaban J connectivity index is 2.00. The molecule has 1 unspecified atom stereocenters. The summed E-state index contributed by atoms with van der Waals surface area (Å²) in [7, 11) is 0. The smallest absolute Gasteiger partial charge is 0.161 e. The van der Waals surface area contributed by atoms with Gasteiger partial charge in [-0.2, -0.15) is 0 Å². The molecule has 1 saturated carbocycles. The maximum atomic E-state index is 9.68. The van der Waals surface area contributed by atoms with E-state index >= 15 is 0 Å². The molecule has 1 fully saturated rings. The van der Waals surface area contributed by atoms with Gasteiger partial charge in [-0.3, -0.25) is 0 Å². The summed E-state index contributed by atoms with van der Waals surface area (Å²) in [5.74, 6) is 1.62. The molecule has 1 atom stereocenters. The van der Waals surface area contributed by atoms with Crippen molar-refractivity contribution in [2.75, 3.05) is 19.8 Å². The van der Waals surface area contributed by atoms with E-state index in [-0.39, 0.29) is 17.4 Å². The molecule has 0 aromatic heterocycles. The maximum absolute atomic E-state index is 9.68. The Kier molecular flexibility index (Phi) is 2.17. The molecule has 0 spiro atoms. The van der Waals surface area contributed by atoms with Crippen molar-refractivity contribution in [2.45, 2.75) is 25.7 Å². The first-order chi connectivity index (χ1) is 8.09. The summed E-state index contributed by atoms with van der Waals surface area (Å²) in [6.45, 7) is 5.80. The molecule has 3 rings (SSSR count). The molecule has 1 heterocycles. The van der Waals surface area contributed by atoms with Crippen LogP contribution in [0.5, 0.6) is 11.5 Å².